The lowest BCUT2D eigenvalue weighted by atomic mass is 10.2. The SMILES string of the molecule is COCC(O)CN(C)C(=O)c1cc(O)[nH]c(=O)c1. The molecule has 1 aromatic rings. The number of aromatic nitrogens is 1. The zero-order valence-corrected chi connectivity index (χ0v) is 10.2. The molecule has 3 N–H and O–H groups in total. The van der Waals surface area contributed by atoms with Crippen LogP contribution in [0.2, 0.25) is 0 Å². The van der Waals surface area contributed by atoms with Gasteiger partial charge in [-0.1, -0.05) is 0 Å². The van der Waals surface area contributed by atoms with Gasteiger partial charge in [-0.25, -0.2) is 0 Å². The minimum atomic E-state index is -0.806. The Morgan fingerprint density at radius 3 is 2.78 bits per heavy atom. The van der Waals surface area contributed by atoms with Crippen LogP contribution in [0.15, 0.2) is 16.9 Å². The second-order valence-electron chi connectivity index (χ2n) is 3.91. The first-order valence-corrected chi connectivity index (χ1v) is 5.30. The molecule has 1 amide bonds. The fraction of sp³-hybridized carbons (Fsp3) is 0.455. The van der Waals surface area contributed by atoms with Gasteiger partial charge in [-0.3, -0.25) is 14.6 Å². The lowest BCUT2D eigenvalue weighted by Gasteiger charge is -2.20. The molecule has 0 saturated heterocycles. The van der Waals surface area contributed by atoms with E-state index in [0.717, 1.165) is 12.1 Å². The predicted molar refractivity (Wildman–Crippen MR) is 63.6 cm³/mol. The maximum Gasteiger partial charge on any atom is 0.254 e. The molecule has 0 spiro atoms. The van der Waals surface area contributed by atoms with Gasteiger partial charge in [0.25, 0.3) is 11.5 Å². The first kappa shape index (κ1) is 14.2. The number of aliphatic hydroxyl groups is 1. The Hall–Kier alpha value is -1.86. The molecule has 0 aliphatic rings. The number of H-pyrrole nitrogens is 1. The molecule has 0 aromatic carbocycles. The molecule has 0 aliphatic heterocycles. The van der Waals surface area contributed by atoms with Crippen molar-refractivity contribution in [1.29, 1.82) is 0 Å². The van der Waals surface area contributed by atoms with E-state index < -0.39 is 17.6 Å². The van der Waals surface area contributed by atoms with E-state index in [-0.39, 0.29) is 24.6 Å². The van der Waals surface area contributed by atoms with Gasteiger partial charge in [-0.05, 0) is 0 Å². The van der Waals surface area contributed by atoms with E-state index in [1.54, 1.807) is 0 Å². The van der Waals surface area contributed by atoms with Gasteiger partial charge in [-0.15, -0.1) is 0 Å². The summed E-state index contributed by atoms with van der Waals surface area (Å²) in [6, 6.07) is 2.24. The van der Waals surface area contributed by atoms with E-state index in [9.17, 15) is 19.8 Å². The van der Waals surface area contributed by atoms with Crippen molar-refractivity contribution in [1.82, 2.24) is 9.88 Å². The number of carbonyl (C=O) groups is 1. The molecule has 0 radical (unpaired) electrons. The highest BCUT2D eigenvalue weighted by Crippen LogP contribution is 2.07. The normalized spacial score (nSPS) is 12.2. The van der Waals surface area contributed by atoms with Crippen LogP contribution >= 0.6 is 0 Å². The molecule has 1 atom stereocenters. The smallest absolute Gasteiger partial charge is 0.254 e. The summed E-state index contributed by atoms with van der Waals surface area (Å²) in [5.41, 5.74) is -0.507. The summed E-state index contributed by atoms with van der Waals surface area (Å²) in [7, 11) is 2.93. The summed E-state index contributed by atoms with van der Waals surface area (Å²) >= 11 is 0. The summed E-state index contributed by atoms with van der Waals surface area (Å²) in [5.74, 6) is -0.844. The van der Waals surface area contributed by atoms with Crippen molar-refractivity contribution in [2.45, 2.75) is 6.10 Å². The van der Waals surface area contributed by atoms with Crippen LogP contribution in [0, 0.1) is 0 Å². The molecule has 1 aromatic heterocycles. The number of likely N-dealkylation sites (N-methyl/N-ethyl adjacent to an activating group) is 1. The fourth-order valence-corrected chi connectivity index (χ4v) is 1.52. The highest BCUT2D eigenvalue weighted by molar-refractivity contribution is 5.94. The minimum Gasteiger partial charge on any atom is -0.494 e. The van der Waals surface area contributed by atoms with Gasteiger partial charge in [-0.2, -0.15) is 0 Å². The highest BCUT2D eigenvalue weighted by atomic mass is 16.5. The number of nitrogens with one attached hydrogen (secondary N) is 1. The quantitative estimate of drug-likeness (QED) is 0.637. The number of nitrogens with zero attached hydrogens (tertiary/aromatic N) is 1. The number of rotatable bonds is 5. The average molecular weight is 256 g/mol. The van der Waals surface area contributed by atoms with Crippen LogP contribution in [0.5, 0.6) is 5.88 Å². The number of hydrogen-bond acceptors (Lipinski definition) is 5. The number of hydrogen-bond donors (Lipinski definition) is 3. The Kier molecular flexibility index (Phi) is 4.87. The number of aliphatic hydroxyl groups excluding tert-OH is 1. The maximum atomic E-state index is 11.9. The number of pyridine rings is 1. The van der Waals surface area contributed by atoms with Gasteiger partial charge in [0.2, 0.25) is 0 Å². The number of carbonyl (C=O) groups excluding carboxylic acids is 1. The van der Waals surface area contributed by atoms with E-state index in [2.05, 4.69) is 4.98 Å². The molecule has 1 heterocycles. The van der Waals surface area contributed by atoms with Crippen LogP contribution in [-0.4, -0.2) is 59.4 Å². The van der Waals surface area contributed by atoms with Gasteiger partial charge in [0.15, 0.2) is 5.88 Å². The Labute approximate surface area is 104 Å². The number of aromatic hydroxyl groups is 1. The summed E-state index contributed by atoms with van der Waals surface area (Å²) in [6.07, 6.45) is -0.806. The van der Waals surface area contributed by atoms with Crippen LogP contribution in [0.1, 0.15) is 10.4 Å². The van der Waals surface area contributed by atoms with Crippen molar-refractivity contribution in [3.05, 3.63) is 28.0 Å². The molecular weight excluding hydrogens is 240 g/mol. The van der Waals surface area contributed by atoms with Gasteiger partial charge < -0.3 is 19.8 Å². The predicted octanol–water partition coefficient (Wildman–Crippen LogP) is -0.840. The first-order valence-electron chi connectivity index (χ1n) is 5.30. The molecule has 7 nitrogen and oxygen atoms in total. The third-order valence-corrected chi connectivity index (χ3v) is 2.27. The highest BCUT2D eigenvalue weighted by Gasteiger charge is 2.16. The fourth-order valence-electron chi connectivity index (χ4n) is 1.52. The van der Waals surface area contributed by atoms with E-state index in [0.29, 0.717) is 0 Å². The Morgan fingerprint density at radius 1 is 1.56 bits per heavy atom. The van der Waals surface area contributed by atoms with Crippen LogP contribution < -0.4 is 5.56 Å². The number of methoxy groups -OCH3 is 1. The Balaban J connectivity index is 2.77. The number of amides is 1. The van der Waals surface area contributed by atoms with Gasteiger partial charge in [0, 0.05) is 32.8 Å². The summed E-state index contributed by atoms with van der Waals surface area (Å²) in [4.78, 5) is 26.4. The van der Waals surface area contributed by atoms with Crippen LogP contribution in [0.3, 0.4) is 0 Å². The maximum absolute atomic E-state index is 11.9. The van der Waals surface area contributed by atoms with Crippen LogP contribution in [0.25, 0.3) is 0 Å². The lowest BCUT2D eigenvalue weighted by molar-refractivity contribution is 0.0380. The second kappa shape index (κ2) is 6.18. The molecule has 0 fully saturated rings. The van der Waals surface area contributed by atoms with Crippen molar-refractivity contribution in [3.8, 4) is 5.88 Å². The van der Waals surface area contributed by atoms with Crippen molar-refractivity contribution in [2.75, 3.05) is 27.3 Å². The van der Waals surface area contributed by atoms with E-state index in [1.165, 1.54) is 19.1 Å². The number of ether oxygens (including phenoxy) is 1. The average Bonchev–Trinajstić information content (AvgIpc) is 2.26. The Bertz CT molecular complexity index is 471. The monoisotopic (exact) mass is 256 g/mol. The van der Waals surface area contributed by atoms with E-state index in [1.807, 2.05) is 0 Å². The third-order valence-electron chi connectivity index (χ3n) is 2.27. The Morgan fingerprint density at radius 2 is 2.22 bits per heavy atom. The van der Waals surface area contributed by atoms with Gasteiger partial charge >= 0.3 is 0 Å². The number of aromatic amines is 1. The molecule has 1 rings (SSSR count). The zero-order valence-electron chi connectivity index (χ0n) is 10.2. The van der Waals surface area contributed by atoms with Crippen molar-refractivity contribution >= 4 is 5.91 Å². The second-order valence-corrected chi connectivity index (χ2v) is 3.91. The molecule has 18 heavy (non-hydrogen) atoms. The minimum absolute atomic E-state index is 0.0587. The lowest BCUT2D eigenvalue weighted by Crippen LogP contribution is -2.36. The van der Waals surface area contributed by atoms with Gasteiger partial charge in [0.05, 0.1) is 18.3 Å². The molecule has 0 saturated carbocycles. The largest absolute Gasteiger partial charge is 0.494 e. The van der Waals surface area contributed by atoms with Gasteiger partial charge in [0.1, 0.15) is 0 Å². The molecule has 0 bridgehead atoms. The summed E-state index contributed by atoms with van der Waals surface area (Å²) < 4.78 is 4.75. The third kappa shape index (κ3) is 3.86. The van der Waals surface area contributed by atoms with Crippen molar-refractivity contribution < 1.29 is 19.7 Å². The summed E-state index contributed by atoms with van der Waals surface area (Å²) in [5, 5.41) is 18.7. The zero-order chi connectivity index (χ0) is 13.7. The molecule has 7 heteroatoms. The molecule has 100 valence electrons. The topological polar surface area (TPSA) is 103 Å². The first-order chi connectivity index (χ1) is 8.43. The molecular formula is C11H16N2O5. The van der Waals surface area contributed by atoms with Crippen molar-refractivity contribution in [3.63, 3.8) is 0 Å². The van der Waals surface area contributed by atoms with E-state index >= 15 is 0 Å². The standard InChI is InChI=1S/C11H16N2O5/c1-13(5-8(14)6-18-2)11(17)7-3-9(15)12-10(16)4-7/h3-4,8,14H,5-6H2,1-2H3,(H2,12,15,16). The van der Waals surface area contributed by atoms with Crippen LogP contribution in [-0.2, 0) is 4.74 Å². The summed E-state index contributed by atoms with van der Waals surface area (Å²) in [6.45, 7) is 0.179. The molecule has 0 aliphatic carbocycles. The van der Waals surface area contributed by atoms with Crippen LogP contribution in [0.4, 0.5) is 0 Å². The molecule has 1 unspecified atom stereocenters. The van der Waals surface area contributed by atoms with Crippen molar-refractivity contribution in [2.24, 2.45) is 0 Å². The van der Waals surface area contributed by atoms with E-state index in [4.69, 9.17) is 4.74 Å².